The molecule has 1 aliphatic carbocycles. The third-order valence-corrected chi connectivity index (χ3v) is 12.2. The van der Waals surface area contributed by atoms with Crippen LogP contribution in [0.25, 0.3) is 76.5 Å². The first-order chi connectivity index (χ1) is 27.5. The third kappa shape index (κ3) is 5.08. The summed E-state index contributed by atoms with van der Waals surface area (Å²) in [5.41, 5.74) is 13.6. The average molecular weight is 714 g/mol. The van der Waals surface area contributed by atoms with Crippen molar-refractivity contribution in [2.75, 3.05) is 4.90 Å². The summed E-state index contributed by atoms with van der Waals surface area (Å²) >= 11 is 0. The van der Waals surface area contributed by atoms with Crippen LogP contribution in [0.2, 0.25) is 0 Å². The number of benzene rings is 10. The van der Waals surface area contributed by atoms with Gasteiger partial charge >= 0.3 is 0 Å². The Kier molecular flexibility index (Phi) is 7.28. The molecule has 0 saturated carbocycles. The molecule has 0 heterocycles. The summed E-state index contributed by atoms with van der Waals surface area (Å²) in [5, 5.41) is 10.2. The lowest BCUT2D eigenvalue weighted by Gasteiger charge is -2.28. The molecule has 0 unspecified atom stereocenters. The van der Waals surface area contributed by atoms with Gasteiger partial charge < -0.3 is 4.90 Å². The van der Waals surface area contributed by atoms with Crippen molar-refractivity contribution < 1.29 is 0 Å². The number of anilines is 3. The molecule has 10 aromatic rings. The second-order valence-electron chi connectivity index (χ2n) is 15.7. The molecule has 264 valence electrons. The minimum absolute atomic E-state index is 0.101. The number of hydrogen-bond acceptors (Lipinski definition) is 1. The molecule has 0 radical (unpaired) electrons. The lowest BCUT2D eigenvalue weighted by Crippen LogP contribution is -2.16. The highest BCUT2D eigenvalue weighted by molar-refractivity contribution is 6.20. The van der Waals surface area contributed by atoms with E-state index in [0.717, 1.165) is 17.1 Å². The van der Waals surface area contributed by atoms with E-state index in [1.54, 1.807) is 0 Å². The molecule has 0 amide bonds. The lowest BCUT2D eigenvalue weighted by molar-refractivity contribution is 0.660. The van der Waals surface area contributed by atoms with Crippen LogP contribution >= 0.6 is 0 Å². The number of hydrogen-bond donors (Lipinski definition) is 0. The molecule has 0 atom stereocenters. The molecule has 0 aromatic heterocycles. The molecule has 1 aliphatic rings. The Morgan fingerprint density at radius 1 is 0.321 bits per heavy atom. The molecular weight excluding hydrogens is 675 g/mol. The Bertz CT molecular complexity index is 3160. The number of rotatable bonds is 5. The van der Waals surface area contributed by atoms with Crippen LogP contribution in [-0.2, 0) is 5.41 Å². The predicted octanol–water partition coefficient (Wildman–Crippen LogP) is 15.4. The summed E-state index contributed by atoms with van der Waals surface area (Å²) < 4.78 is 0. The van der Waals surface area contributed by atoms with Crippen molar-refractivity contribution >= 4 is 60.2 Å². The second-order valence-corrected chi connectivity index (χ2v) is 15.7. The van der Waals surface area contributed by atoms with E-state index in [1.165, 1.54) is 87.6 Å². The van der Waals surface area contributed by atoms with Crippen LogP contribution in [0.5, 0.6) is 0 Å². The predicted molar refractivity (Wildman–Crippen MR) is 240 cm³/mol. The van der Waals surface area contributed by atoms with Gasteiger partial charge in [0.2, 0.25) is 0 Å². The van der Waals surface area contributed by atoms with E-state index in [9.17, 15) is 0 Å². The maximum atomic E-state index is 2.43. The van der Waals surface area contributed by atoms with Crippen molar-refractivity contribution in [1.82, 2.24) is 0 Å². The first kappa shape index (κ1) is 32.5. The summed E-state index contributed by atoms with van der Waals surface area (Å²) in [7, 11) is 0. The van der Waals surface area contributed by atoms with Gasteiger partial charge in [0.05, 0.1) is 0 Å². The van der Waals surface area contributed by atoms with Gasteiger partial charge in [0.15, 0.2) is 0 Å². The third-order valence-electron chi connectivity index (χ3n) is 12.2. The van der Waals surface area contributed by atoms with Crippen molar-refractivity contribution in [3.8, 4) is 33.4 Å². The highest BCUT2D eigenvalue weighted by Crippen LogP contribution is 2.51. The normalized spacial score (nSPS) is 13.0. The monoisotopic (exact) mass is 713 g/mol. The molecule has 0 aliphatic heterocycles. The van der Waals surface area contributed by atoms with E-state index in [2.05, 4.69) is 219 Å². The van der Waals surface area contributed by atoms with Crippen molar-refractivity contribution in [3.63, 3.8) is 0 Å². The maximum absolute atomic E-state index is 2.43. The molecule has 1 nitrogen and oxygen atoms in total. The van der Waals surface area contributed by atoms with E-state index >= 15 is 0 Å². The van der Waals surface area contributed by atoms with Crippen molar-refractivity contribution in [2.45, 2.75) is 19.3 Å². The molecule has 0 bridgehead atoms. The molecule has 0 fully saturated rings. The van der Waals surface area contributed by atoms with Gasteiger partial charge in [-0.05, 0) is 130 Å². The van der Waals surface area contributed by atoms with Crippen LogP contribution < -0.4 is 4.90 Å². The van der Waals surface area contributed by atoms with Gasteiger partial charge in [0, 0.05) is 22.5 Å². The van der Waals surface area contributed by atoms with E-state index in [1.807, 2.05) is 0 Å². The zero-order valence-corrected chi connectivity index (χ0v) is 31.5. The van der Waals surface area contributed by atoms with Gasteiger partial charge in [-0.1, -0.05) is 172 Å². The van der Waals surface area contributed by atoms with Gasteiger partial charge in [-0.15, -0.1) is 0 Å². The fourth-order valence-electron chi connectivity index (χ4n) is 9.39. The van der Waals surface area contributed by atoms with E-state index < -0.39 is 0 Å². The molecule has 56 heavy (non-hydrogen) atoms. The molecule has 11 rings (SSSR count). The van der Waals surface area contributed by atoms with E-state index in [4.69, 9.17) is 0 Å². The Morgan fingerprint density at radius 2 is 0.911 bits per heavy atom. The van der Waals surface area contributed by atoms with Gasteiger partial charge in [-0.25, -0.2) is 0 Å². The smallest absolute Gasteiger partial charge is 0.0467 e. The van der Waals surface area contributed by atoms with Gasteiger partial charge in [0.25, 0.3) is 0 Å². The number of fused-ring (bicyclic) bond motifs is 9. The Labute approximate surface area is 327 Å². The topological polar surface area (TPSA) is 3.24 Å². The molecule has 0 saturated heterocycles. The average Bonchev–Trinajstić information content (AvgIpc) is 3.48. The van der Waals surface area contributed by atoms with Gasteiger partial charge in [0.1, 0.15) is 0 Å². The fraction of sp³-hybridized carbons (Fsp3) is 0.0545. The second kappa shape index (κ2) is 12.5. The Balaban J connectivity index is 1.03. The molecule has 1 heteroatoms. The largest absolute Gasteiger partial charge is 0.310 e. The van der Waals surface area contributed by atoms with Crippen molar-refractivity contribution in [1.29, 1.82) is 0 Å². The molecule has 0 spiro atoms. The van der Waals surface area contributed by atoms with Crippen LogP contribution in [-0.4, -0.2) is 0 Å². The van der Waals surface area contributed by atoms with Crippen LogP contribution in [0.1, 0.15) is 25.0 Å². The first-order valence-electron chi connectivity index (χ1n) is 19.6. The summed E-state index contributed by atoms with van der Waals surface area (Å²) in [6, 6.07) is 74.0. The molecule has 0 N–H and O–H groups in total. The first-order valence-corrected chi connectivity index (χ1v) is 19.6. The minimum Gasteiger partial charge on any atom is -0.310 e. The fourth-order valence-corrected chi connectivity index (χ4v) is 9.39. The quantitative estimate of drug-likeness (QED) is 0.161. The summed E-state index contributed by atoms with van der Waals surface area (Å²) in [6.45, 7) is 4.72. The van der Waals surface area contributed by atoms with Gasteiger partial charge in [-0.3, -0.25) is 0 Å². The standard InChI is InChI=1S/C55H39N/c1-55(2)52-20-8-7-18-50(52)51-32-30-45(35-53(51)55)56(44-15-9-14-41(34-44)47-19-10-13-37-11-3-5-16-46(37)47)43-28-25-36(26-29-43)40-27-31-49-42(33-40)24-23-39-22-21-38-12-4-6-17-48(38)54(39)49/h3-35H,1-2H3. The zero-order valence-electron chi connectivity index (χ0n) is 31.5. The summed E-state index contributed by atoms with van der Waals surface area (Å²) in [5.74, 6) is 0. The van der Waals surface area contributed by atoms with Crippen LogP contribution in [0, 0.1) is 0 Å². The van der Waals surface area contributed by atoms with Crippen molar-refractivity contribution in [2.24, 2.45) is 0 Å². The highest BCUT2D eigenvalue weighted by atomic mass is 15.1. The van der Waals surface area contributed by atoms with E-state index in [-0.39, 0.29) is 5.41 Å². The highest BCUT2D eigenvalue weighted by Gasteiger charge is 2.35. The Hall–Kier alpha value is -6.96. The summed E-state index contributed by atoms with van der Waals surface area (Å²) in [4.78, 5) is 2.43. The van der Waals surface area contributed by atoms with E-state index in [0.29, 0.717) is 0 Å². The SMILES string of the molecule is CC1(C)c2ccccc2-c2ccc(N(c3ccc(-c4ccc5c(ccc6ccc7ccccc7c65)c4)cc3)c3cccc(-c4cccc5ccccc45)c3)cc21. The van der Waals surface area contributed by atoms with Crippen molar-refractivity contribution in [3.05, 3.63) is 211 Å². The molecule has 10 aromatic carbocycles. The zero-order chi connectivity index (χ0) is 37.4. The summed E-state index contributed by atoms with van der Waals surface area (Å²) in [6.07, 6.45) is 0. The van der Waals surface area contributed by atoms with Crippen LogP contribution in [0.15, 0.2) is 200 Å². The lowest BCUT2D eigenvalue weighted by atomic mass is 9.82. The van der Waals surface area contributed by atoms with Gasteiger partial charge in [-0.2, -0.15) is 0 Å². The number of nitrogens with zero attached hydrogens (tertiary/aromatic N) is 1. The maximum Gasteiger partial charge on any atom is 0.0467 e. The van der Waals surface area contributed by atoms with Crippen LogP contribution in [0.4, 0.5) is 17.1 Å². The minimum atomic E-state index is -0.101. The Morgan fingerprint density at radius 3 is 1.77 bits per heavy atom. The molecular formula is C55H39N. The van der Waals surface area contributed by atoms with Crippen LogP contribution in [0.3, 0.4) is 0 Å².